The van der Waals surface area contributed by atoms with Gasteiger partial charge in [-0.25, -0.2) is 0 Å². The first kappa shape index (κ1) is 16.9. The Morgan fingerprint density at radius 2 is 1.92 bits per heavy atom. The van der Waals surface area contributed by atoms with Gasteiger partial charge in [-0.3, -0.25) is 9.97 Å². The minimum absolute atomic E-state index is 0.404. The van der Waals surface area contributed by atoms with E-state index in [1.807, 2.05) is 6.07 Å². The van der Waals surface area contributed by atoms with Crippen molar-refractivity contribution in [2.45, 2.75) is 58.0 Å². The molecule has 2 heterocycles. The molecule has 0 amide bonds. The number of ether oxygens (including phenoxy) is 1. The summed E-state index contributed by atoms with van der Waals surface area (Å²) in [5, 5.41) is 9.66. The van der Waals surface area contributed by atoms with Gasteiger partial charge in [0.05, 0.1) is 18.9 Å². The summed E-state index contributed by atoms with van der Waals surface area (Å²) < 4.78 is 5.21. The van der Waals surface area contributed by atoms with Crippen molar-refractivity contribution >= 4 is 0 Å². The summed E-state index contributed by atoms with van der Waals surface area (Å²) in [4.78, 5) is 8.69. The van der Waals surface area contributed by atoms with Crippen molar-refractivity contribution in [3.63, 3.8) is 0 Å². The number of aliphatic hydroxyl groups excluding tert-OH is 1. The zero-order chi connectivity index (χ0) is 16.9. The Morgan fingerprint density at radius 3 is 2.75 bits per heavy atom. The summed E-state index contributed by atoms with van der Waals surface area (Å²) in [5.41, 5.74) is 5.85. The van der Waals surface area contributed by atoms with E-state index in [0.717, 1.165) is 42.0 Å². The second kappa shape index (κ2) is 7.75. The molecular formula is C20H26N2O2. The normalized spacial score (nSPS) is 18.7. The summed E-state index contributed by atoms with van der Waals surface area (Å²) in [6, 6.07) is 6.19. The van der Waals surface area contributed by atoms with Crippen LogP contribution in [0.5, 0.6) is 5.75 Å². The van der Waals surface area contributed by atoms with E-state index < -0.39 is 6.10 Å². The lowest BCUT2D eigenvalue weighted by Crippen LogP contribution is -2.12. The molecule has 0 spiro atoms. The predicted octanol–water partition coefficient (Wildman–Crippen LogP) is 3.73. The molecule has 24 heavy (non-hydrogen) atoms. The van der Waals surface area contributed by atoms with E-state index >= 15 is 0 Å². The molecule has 0 bridgehead atoms. The molecule has 2 aromatic rings. The van der Waals surface area contributed by atoms with Crippen LogP contribution in [0.1, 0.15) is 60.0 Å². The largest absolute Gasteiger partial charge is 0.496 e. The summed E-state index contributed by atoms with van der Waals surface area (Å²) in [7, 11) is 1.65. The van der Waals surface area contributed by atoms with Crippen LogP contribution in [0, 0.1) is 6.92 Å². The van der Waals surface area contributed by atoms with Gasteiger partial charge in [-0.2, -0.15) is 0 Å². The van der Waals surface area contributed by atoms with Gasteiger partial charge in [-0.15, -0.1) is 0 Å². The first-order chi connectivity index (χ1) is 11.7. The standard InChI is InChI=1S/C10H13NO2.C10H13N/c1-13-9-5-6-11-10-7(9)3-2-4-8(10)12;1-8-6-7-9-4-2-3-5-10(9)11-8/h5-6,8,12H,2-4H2,1H3;6-7H,2-5H2,1H3. The second-order valence-corrected chi connectivity index (χ2v) is 6.55. The number of methoxy groups -OCH3 is 1. The van der Waals surface area contributed by atoms with Crippen LogP contribution < -0.4 is 4.74 Å². The zero-order valence-electron chi connectivity index (χ0n) is 14.6. The van der Waals surface area contributed by atoms with E-state index in [4.69, 9.17) is 4.74 Å². The average Bonchev–Trinajstić information content (AvgIpc) is 2.62. The van der Waals surface area contributed by atoms with Gasteiger partial charge in [-0.1, -0.05) is 6.07 Å². The van der Waals surface area contributed by atoms with Crippen molar-refractivity contribution in [2.24, 2.45) is 0 Å². The Morgan fingerprint density at radius 1 is 1.08 bits per heavy atom. The minimum Gasteiger partial charge on any atom is -0.496 e. The monoisotopic (exact) mass is 326 g/mol. The van der Waals surface area contributed by atoms with Crippen LogP contribution in [0.4, 0.5) is 0 Å². The molecule has 0 saturated heterocycles. The maximum Gasteiger partial charge on any atom is 0.125 e. The summed E-state index contributed by atoms with van der Waals surface area (Å²) >= 11 is 0. The van der Waals surface area contributed by atoms with Gasteiger partial charge in [0.25, 0.3) is 0 Å². The molecule has 2 aliphatic carbocycles. The van der Waals surface area contributed by atoms with Gasteiger partial charge >= 0.3 is 0 Å². The van der Waals surface area contributed by atoms with Gasteiger partial charge in [0.2, 0.25) is 0 Å². The van der Waals surface area contributed by atoms with E-state index in [9.17, 15) is 5.11 Å². The Labute approximate surface area is 143 Å². The SMILES string of the molecule is COc1ccnc2c1CCCC2O.Cc1ccc2c(n1)CCCC2. The number of nitrogens with zero attached hydrogens (tertiary/aromatic N) is 2. The van der Waals surface area contributed by atoms with Crippen LogP contribution in [-0.2, 0) is 19.3 Å². The van der Waals surface area contributed by atoms with Crippen molar-refractivity contribution in [2.75, 3.05) is 7.11 Å². The van der Waals surface area contributed by atoms with Crippen LogP contribution in [-0.4, -0.2) is 22.2 Å². The fraction of sp³-hybridized carbons (Fsp3) is 0.500. The molecular weight excluding hydrogens is 300 g/mol. The molecule has 0 saturated carbocycles. The number of aliphatic hydroxyl groups is 1. The third kappa shape index (κ3) is 3.75. The Hall–Kier alpha value is -1.94. The molecule has 0 fully saturated rings. The zero-order valence-corrected chi connectivity index (χ0v) is 14.6. The van der Waals surface area contributed by atoms with Crippen LogP contribution in [0.2, 0.25) is 0 Å². The molecule has 4 heteroatoms. The van der Waals surface area contributed by atoms with E-state index in [-0.39, 0.29) is 0 Å². The number of aryl methyl sites for hydroxylation is 3. The summed E-state index contributed by atoms with van der Waals surface area (Å²) in [6.45, 7) is 2.06. The highest BCUT2D eigenvalue weighted by molar-refractivity contribution is 5.38. The number of fused-ring (bicyclic) bond motifs is 2. The van der Waals surface area contributed by atoms with E-state index in [0.29, 0.717) is 0 Å². The number of pyridine rings is 2. The maximum atomic E-state index is 9.66. The number of hydrogen-bond acceptors (Lipinski definition) is 4. The molecule has 128 valence electrons. The number of rotatable bonds is 1. The van der Waals surface area contributed by atoms with Crippen LogP contribution in [0.25, 0.3) is 0 Å². The minimum atomic E-state index is -0.404. The summed E-state index contributed by atoms with van der Waals surface area (Å²) in [5.74, 6) is 0.851. The lowest BCUT2D eigenvalue weighted by molar-refractivity contribution is 0.150. The Kier molecular flexibility index (Phi) is 5.46. The third-order valence-electron chi connectivity index (χ3n) is 4.80. The molecule has 2 aromatic heterocycles. The van der Waals surface area contributed by atoms with Gasteiger partial charge in [0.1, 0.15) is 5.75 Å². The van der Waals surface area contributed by atoms with Crippen molar-refractivity contribution in [1.29, 1.82) is 0 Å². The van der Waals surface area contributed by atoms with Crippen LogP contribution >= 0.6 is 0 Å². The molecule has 1 atom stereocenters. The van der Waals surface area contributed by atoms with E-state index in [2.05, 4.69) is 29.0 Å². The molecule has 1 N–H and O–H groups in total. The Bertz CT molecular complexity index is 700. The van der Waals surface area contributed by atoms with Gasteiger partial charge < -0.3 is 9.84 Å². The highest BCUT2D eigenvalue weighted by Gasteiger charge is 2.21. The fourth-order valence-corrected chi connectivity index (χ4v) is 3.52. The molecule has 0 radical (unpaired) electrons. The molecule has 4 rings (SSSR count). The highest BCUT2D eigenvalue weighted by atomic mass is 16.5. The lowest BCUT2D eigenvalue weighted by Gasteiger charge is -2.21. The van der Waals surface area contributed by atoms with Crippen LogP contribution in [0.3, 0.4) is 0 Å². The van der Waals surface area contributed by atoms with E-state index in [1.165, 1.54) is 36.9 Å². The van der Waals surface area contributed by atoms with Gasteiger partial charge in [0, 0.05) is 23.1 Å². The van der Waals surface area contributed by atoms with Gasteiger partial charge in [0.15, 0.2) is 0 Å². The number of aromatic nitrogens is 2. The third-order valence-corrected chi connectivity index (χ3v) is 4.80. The molecule has 0 aliphatic heterocycles. The number of hydrogen-bond donors (Lipinski definition) is 1. The van der Waals surface area contributed by atoms with Crippen molar-refractivity contribution < 1.29 is 9.84 Å². The fourth-order valence-electron chi connectivity index (χ4n) is 3.52. The second-order valence-electron chi connectivity index (χ2n) is 6.55. The van der Waals surface area contributed by atoms with Crippen LogP contribution in [0.15, 0.2) is 24.4 Å². The topological polar surface area (TPSA) is 55.2 Å². The smallest absolute Gasteiger partial charge is 0.125 e. The van der Waals surface area contributed by atoms with E-state index in [1.54, 1.807) is 13.3 Å². The van der Waals surface area contributed by atoms with Crippen molar-refractivity contribution in [3.8, 4) is 5.75 Å². The predicted molar refractivity (Wildman–Crippen MR) is 94.3 cm³/mol. The lowest BCUT2D eigenvalue weighted by atomic mass is 9.93. The summed E-state index contributed by atoms with van der Waals surface area (Å²) in [6.07, 6.45) is 9.17. The maximum absolute atomic E-state index is 9.66. The molecule has 2 aliphatic rings. The molecule has 1 unspecified atom stereocenters. The molecule has 0 aromatic carbocycles. The average molecular weight is 326 g/mol. The quantitative estimate of drug-likeness (QED) is 0.867. The first-order valence-corrected chi connectivity index (χ1v) is 8.84. The first-order valence-electron chi connectivity index (χ1n) is 8.84. The highest BCUT2D eigenvalue weighted by Crippen LogP contribution is 2.33. The van der Waals surface area contributed by atoms with Crippen molar-refractivity contribution in [1.82, 2.24) is 9.97 Å². The molecule has 4 nitrogen and oxygen atoms in total. The van der Waals surface area contributed by atoms with Crippen molar-refractivity contribution in [3.05, 3.63) is 52.6 Å². The van der Waals surface area contributed by atoms with Gasteiger partial charge in [-0.05, 0) is 69.6 Å². The Balaban J connectivity index is 0.000000143.